The van der Waals surface area contributed by atoms with Gasteiger partial charge < -0.3 is 14.5 Å². The fourth-order valence-electron chi connectivity index (χ4n) is 2.16. The van der Waals surface area contributed by atoms with E-state index in [4.69, 9.17) is 9.39 Å². The van der Waals surface area contributed by atoms with Gasteiger partial charge in [-0.05, 0) is 61.5 Å². The third kappa shape index (κ3) is 4.45. The molecular formula is C19H28BN2O4. The first-order valence-corrected chi connectivity index (χ1v) is 8.67. The second-order valence-electron chi connectivity index (χ2n) is 8.56. The number of nitrogens with zero attached hydrogens (tertiary/aromatic N) is 2. The summed E-state index contributed by atoms with van der Waals surface area (Å²) in [6.07, 6.45) is -0.523. The summed E-state index contributed by atoms with van der Waals surface area (Å²) in [7, 11) is 1.58. The molecule has 2 rings (SSSR count). The number of rotatable bonds is 4. The van der Waals surface area contributed by atoms with Crippen molar-refractivity contribution in [3.05, 3.63) is 23.9 Å². The van der Waals surface area contributed by atoms with Crippen molar-refractivity contribution in [1.29, 1.82) is 0 Å². The highest BCUT2D eigenvalue weighted by molar-refractivity contribution is 6.47. The van der Waals surface area contributed by atoms with Crippen LogP contribution >= 0.6 is 0 Å². The van der Waals surface area contributed by atoms with Crippen LogP contribution < -0.4 is 5.46 Å². The summed E-state index contributed by atoms with van der Waals surface area (Å²) in [6.45, 7) is 14.3. The Kier molecular flexibility index (Phi) is 5.28. The number of carbonyl (C=O) groups is 1. The number of hydrogen-bond donors (Lipinski definition) is 1. The average Bonchev–Trinajstić information content (AvgIpc) is 2.79. The number of aromatic nitrogens is 2. The summed E-state index contributed by atoms with van der Waals surface area (Å²) in [6, 6.07) is 5.60. The fraction of sp³-hybridized carbons (Fsp3) is 0.579. The number of ether oxygens (including phenoxy) is 1. The van der Waals surface area contributed by atoms with Gasteiger partial charge in [0.15, 0.2) is 0 Å². The van der Waals surface area contributed by atoms with Crippen molar-refractivity contribution in [2.45, 2.75) is 72.2 Å². The molecule has 0 saturated heterocycles. The normalized spacial score (nSPS) is 13.1. The van der Waals surface area contributed by atoms with Gasteiger partial charge in [-0.3, -0.25) is 0 Å². The molecule has 1 aromatic carbocycles. The fourth-order valence-corrected chi connectivity index (χ4v) is 2.16. The van der Waals surface area contributed by atoms with E-state index in [1.54, 1.807) is 21.3 Å². The lowest BCUT2D eigenvalue weighted by molar-refractivity contribution is -0.0893. The van der Waals surface area contributed by atoms with Crippen LogP contribution in [-0.2, 0) is 9.39 Å². The largest absolute Gasteiger partial charge is 0.442 e. The van der Waals surface area contributed by atoms with Gasteiger partial charge >= 0.3 is 13.6 Å². The van der Waals surface area contributed by atoms with Gasteiger partial charge in [-0.15, -0.1) is 0 Å². The molecule has 1 N–H and O–H groups in total. The standard InChI is InChI=1S/C19H28BN2O4/c1-12-14-10-9-13(20-26-19(7,8)18(5,6)24)11-15(14)22(21-12)16(23)25-17(2,3)4/h9-11,24H,1-8H3. The lowest BCUT2D eigenvalue weighted by Gasteiger charge is -2.37. The Hall–Kier alpha value is -1.86. The molecule has 26 heavy (non-hydrogen) atoms. The van der Waals surface area contributed by atoms with Gasteiger partial charge in [0.25, 0.3) is 0 Å². The van der Waals surface area contributed by atoms with E-state index in [1.807, 2.05) is 59.7 Å². The maximum atomic E-state index is 12.5. The number of carbonyl (C=O) groups excluding carboxylic acids is 1. The highest BCUT2D eigenvalue weighted by Gasteiger charge is 2.35. The summed E-state index contributed by atoms with van der Waals surface area (Å²) in [5.41, 5.74) is -0.233. The molecule has 0 spiro atoms. The molecule has 0 aliphatic heterocycles. The Morgan fingerprint density at radius 3 is 2.31 bits per heavy atom. The summed E-state index contributed by atoms with van der Waals surface area (Å²) < 4.78 is 12.5. The summed E-state index contributed by atoms with van der Waals surface area (Å²) in [4.78, 5) is 12.5. The number of hydrogen-bond acceptors (Lipinski definition) is 5. The Bertz CT molecular complexity index is 813. The summed E-state index contributed by atoms with van der Waals surface area (Å²) >= 11 is 0. The van der Waals surface area contributed by atoms with Crippen LogP contribution in [0, 0.1) is 6.92 Å². The van der Waals surface area contributed by atoms with Crippen LogP contribution in [0.3, 0.4) is 0 Å². The lowest BCUT2D eigenvalue weighted by Crippen LogP contribution is -2.49. The first-order chi connectivity index (χ1) is 11.7. The van der Waals surface area contributed by atoms with Crippen LogP contribution in [0.1, 0.15) is 54.2 Å². The minimum Gasteiger partial charge on any atom is -0.442 e. The molecule has 0 unspecified atom stereocenters. The van der Waals surface area contributed by atoms with E-state index in [9.17, 15) is 9.90 Å². The molecule has 141 valence electrons. The van der Waals surface area contributed by atoms with Crippen LogP contribution in [0.4, 0.5) is 4.79 Å². The smallest absolute Gasteiger partial charge is 0.435 e. The van der Waals surface area contributed by atoms with E-state index in [-0.39, 0.29) is 0 Å². The Morgan fingerprint density at radius 1 is 1.15 bits per heavy atom. The maximum Gasteiger partial charge on any atom is 0.435 e. The third-order valence-electron chi connectivity index (χ3n) is 4.42. The minimum absolute atomic E-state index is 0.523. The van der Waals surface area contributed by atoms with Crippen molar-refractivity contribution < 1.29 is 19.3 Å². The Labute approximate surface area is 155 Å². The molecule has 0 aliphatic rings. The molecule has 1 aromatic heterocycles. The molecule has 0 aliphatic carbocycles. The zero-order valence-corrected chi connectivity index (χ0v) is 16.9. The van der Waals surface area contributed by atoms with Crippen LogP contribution in [0.25, 0.3) is 10.9 Å². The van der Waals surface area contributed by atoms with Crippen molar-refractivity contribution in [3.8, 4) is 0 Å². The second-order valence-corrected chi connectivity index (χ2v) is 8.56. The van der Waals surface area contributed by atoms with Crippen molar-refractivity contribution in [2.24, 2.45) is 0 Å². The van der Waals surface area contributed by atoms with Crippen molar-refractivity contribution in [2.75, 3.05) is 0 Å². The van der Waals surface area contributed by atoms with Crippen LogP contribution in [0.2, 0.25) is 0 Å². The van der Waals surface area contributed by atoms with Gasteiger partial charge in [0.05, 0.1) is 22.4 Å². The quantitative estimate of drug-likeness (QED) is 0.850. The van der Waals surface area contributed by atoms with Crippen LogP contribution in [-0.4, -0.2) is 45.3 Å². The molecular weight excluding hydrogens is 331 g/mol. The molecule has 0 fully saturated rings. The number of aryl methyl sites for hydroxylation is 1. The number of aliphatic hydroxyl groups is 1. The minimum atomic E-state index is -1.01. The van der Waals surface area contributed by atoms with Crippen LogP contribution in [0.5, 0.6) is 0 Å². The first kappa shape index (κ1) is 20.5. The zero-order valence-electron chi connectivity index (χ0n) is 16.9. The van der Waals surface area contributed by atoms with Crippen molar-refractivity contribution in [3.63, 3.8) is 0 Å². The SMILES string of the molecule is Cc1nn(C(=O)OC(C)(C)C)c2cc([B]OC(C)(C)C(C)(C)O)ccc12. The van der Waals surface area contributed by atoms with Gasteiger partial charge in [-0.1, -0.05) is 17.6 Å². The van der Waals surface area contributed by atoms with E-state index >= 15 is 0 Å². The average molecular weight is 359 g/mol. The predicted molar refractivity (Wildman–Crippen MR) is 103 cm³/mol. The van der Waals surface area contributed by atoms with Crippen LogP contribution in [0.15, 0.2) is 18.2 Å². The van der Waals surface area contributed by atoms with E-state index in [0.717, 1.165) is 16.5 Å². The van der Waals surface area contributed by atoms with E-state index in [0.29, 0.717) is 5.52 Å². The topological polar surface area (TPSA) is 73.6 Å². The van der Waals surface area contributed by atoms with Gasteiger partial charge in [-0.25, -0.2) is 4.79 Å². The van der Waals surface area contributed by atoms with Crippen molar-refractivity contribution in [1.82, 2.24) is 9.78 Å². The molecule has 1 radical (unpaired) electrons. The monoisotopic (exact) mass is 359 g/mol. The second kappa shape index (κ2) is 6.70. The Morgan fingerprint density at radius 2 is 1.77 bits per heavy atom. The molecule has 7 heteroatoms. The molecule has 0 bridgehead atoms. The zero-order chi connectivity index (χ0) is 19.9. The summed E-state index contributed by atoms with van der Waals surface area (Å²) in [5.74, 6) is 0. The molecule has 0 atom stereocenters. The van der Waals surface area contributed by atoms with Gasteiger partial charge in [0.2, 0.25) is 0 Å². The molecule has 1 heterocycles. The Balaban J connectivity index is 2.32. The lowest BCUT2D eigenvalue weighted by atomic mass is 9.82. The van der Waals surface area contributed by atoms with Gasteiger partial charge in [0, 0.05) is 5.39 Å². The van der Waals surface area contributed by atoms with Gasteiger partial charge in [0.1, 0.15) is 5.60 Å². The first-order valence-electron chi connectivity index (χ1n) is 8.67. The summed E-state index contributed by atoms with van der Waals surface area (Å²) in [5, 5.41) is 15.4. The third-order valence-corrected chi connectivity index (χ3v) is 4.42. The molecule has 6 nitrogen and oxygen atoms in total. The maximum absolute atomic E-state index is 12.5. The molecule has 2 aromatic rings. The van der Waals surface area contributed by atoms with Crippen molar-refractivity contribution >= 4 is 29.9 Å². The number of benzene rings is 1. The molecule has 0 amide bonds. The number of fused-ring (bicyclic) bond motifs is 1. The highest BCUT2D eigenvalue weighted by Crippen LogP contribution is 2.24. The predicted octanol–water partition coefficient (Wildman–Crippen LogP) is 2.94. The van der Waals surface area contributed by atoms with E-state index in [1.165, 1.54) is 4.68 Å². The highest BCUT2D eigenvalue weighted by atomic mass is 16.6. The van der Waals surface area contributed by atoms with E-state index < -0.39 is 22.9 Å². The van der Waals surface area contributed by atoms with Gasteiger partial charge in [-0.2, -0.15) is 9.78 Å². The van der Waals surface area contributed by atoms with E-state index in [2.05, 4.69) is 5.10 Å². The molecule has 0 saturated carbocycles.